The summed E-state index contributed by atoms with van der Waals surface area (Å²) in [5.41, 5.74) is 4.59. The third-order valence-corrected chi connectivity index (χ3v) is 17.3. The van der Waals surface area contributed by atoms with Gasteiger partial charge in [0.05, 0.1) is 39.0 Å². The number of nitrogens with one attached hydrogen (secondary N) is 1. The summed E-state index contributed by atoms with van der Waals surface area (Å²) >= 11 is 12.4. The van der Waals surface area contributed by atoms with Gasteiger partial charge in [-0.05, 0) is 149 Å². The van der Waals surface area contributed by atoms with Crippen molar-refractivity contribution < 1.29 is 28.7 Å². The third kappa shape index (κ3) is 10.6. The van der Waals surface area contributed by atoms with Crippen LogP contribution in [0.25, 0.3) is 0 Å². The minimum Gasteiger partial charge on any atom is -0.489 e. The van der Waals surface area contributed by atoms with E-state index in [2.05, 4.69) is 49.8 Å². The van der Waals surface area contributed by atoms with Gasteiger partial charge >= 0.3 is 0 Å². The Morgan fingerprint density at radius 2 is 1.55 bits per heavy atom. The number of alkyl halides is 1. The maximum absolute atomic E-state index is 13.7. The molecule has 4 amide bonds. The molecular formula is C56H65Cl2N9O6. The number of ether oxygens (including phenoxy) is 2. The van der Waals surface area contributed by atoms with Gasteiger partial charge in [-0.25, -0.2) is 9.97 Å². The molecule has 4 aromatic rings. The molecule has 384 valence electrons. The molecule has 5 fully saturated rings. The molecule has 1 spiro atoms. The van der Waals surface area contributed by atoms with Crippen molar-refractivity contribution in [3.8, 4) is 17.6 Å². The Labute approximate surface area is 438 Å². The molecule has 1 atom stereocenters. The van der Waals surface area contributed by atoms with Crippen molar-refractivity contribution in [2.75, 3.05) is 81.2 Å². The number of benzene rings is 3. The molecule has 5 saturated heterocycles. The zero-order chi connectivity index (χ0) is 50.9. The normalized spacial score (nSPS) is 21.4. The molecule has 73 heavy (non-hydrogen) atoms. The molecule has 17 heteroatoms. The maximum Gasteiger partial charge on any atom is 0.264 e. The van der Waals surface area contributed by atoms with Gasteiger partial charge in [-0.2, -0.15) is 5.26 Å². The first kappa shape index (κ1) is 50.7. The third-order valence-electron chi connectivity index (χ3n) is 16.8. The van der Waals surface area contributed by atoms with E-state index in [1.54, 1.807) is 6.07 Å². The average Bonchev–Trinajstić information content (AvgIpc) is 3.66. The number of imide groups is 2. The minimum atomic E-state index is -0.967. The number of fused-ring (bicyclic) bond motifs is 1. The lowest BCUT2D eigenvalue weighted by atomic mass is 9.71. The lowest BCUT2D eigenvalue weighted by Crippen LogP contribution is -2.54. The molecule has 1 aromatic heterocycles. The van der Waals surface area contributed by atoms with Crippen LogP contribution < -0.4 is 24.6 Å². The monoisotopic (exact) mass is 1030 g/mol. The first-order valence-electron chi connectivity index (χ1n) is 26.1. The predicted molar refractivity (Wildman–Crippen MR) is 280 cm³/mol. The van der Waals surface area contributed by atoms with E-state index in [4.69, 9.17) is 37.7 Å². The summed E-state index contributed by atoms with van der Waals surface area (Å²) in [7, 11) is 0. The molecule has 3 aromatic carbocycles. The summed E-state index contributed by atoms with van der Waals surface area (Å²) in [4.78, 5) is 72.2. The molecule has 0 bridgehead atoms. The largest absolute Gasteiger partial charge is 0.489 e. The molecule has 6 aliphatic heterocycles. The number of hydrogen-bond donors (Lipinski definition) is 1. The van der Waals surface area contributed by atoms with E-state index in [0.717, 1.165) is 111 Å². The fourth-order valence-corrected chi connectivity index (χ4v) is 12.6. The van der Waals surface area contributed by atoms with Crippen LogP contribution in [0.5, 0.6) is 11.5 Å². The molecular weight excluding hydrogens is 966 g/mol. The number of piperidine rings is 5. The summed E-state index contributed by atoms with van der Waals surface area (Å²) in [6.45, 7) is 14.0. The van der Waals surface area contributed by atoms with Gasteiger partial charge in [-0.3, -0.25) is 29.4 Å². The molecule has 10 rings (SSSR count). The lowest BCUT2D eigenvalue weighted by molar-refractivity contribution is -0.136. The Bertz CT molecular complexity index is 2750. The van der Waals surface area contributed by atoms with Gasteiger partial charge in [0.1, 0.15) is 31.1 Å². The van der Waals surface area contributed by atoms with Crippen LogP contribution in [0.15, 0.2) is 66.9 Å². The summed E-state index contributed by atoms with van der Waals surface area (Å²) in [6, 6.07) is 20.9. The number of hydrogen-bond acceptors (Lipinski definition) is 13. The van der Waals surface area contributed by atoms with E-state index in [-0.39, 0.29) is 25.4 Å². The number of aromatic nitrogens is 2. The second-order valence-corrected chi connectivity index (χ2v) is 22.2. The van der Waals surface area contributed by atoms with Crippen LogP contribution in [0.3, 0.4) is 0 Å². The molecule has 7 heterocycles. The summed E-state index contributed by atoms with van der Waals surface area (Å²) in [5, 5.41) is 12.5. The van der Waals surface area contributed by atoms with E-state index in [0.29, 0.717) is 57.3 Å². The summed E-state index contributed by atoms with van der Waals surface area (Å²) in [6.07, 6.45) is 11.3. The van der Waals surface area contributed by atoms with Gasteiger partial charge in [0.2, 0.25) is 17.8 Å². The summed E-state index contributed by atoms with van der Waals surface area (Å²) in [5.74, 6) is 0.876. The van der Waals surface area contributed by atoms with E-state index in [1.165, 1.54) is 38.8 Å². The molecule has 1 N–H and O–H groups in total. The van der Waals surface area contributed by atoms with Crippen molar-refractivity contribution in [1.29, 1.82) is 5.26 Å². The number of likely N-dealkylation sites (tertiary alicyclic amines) is 2. The number of nitriles is 1. The van der Waals surface area contributed by atoms with Crippen LogP contribution in [0.1, 0.15) is 121 Å². The van der Waals surface area contributed by atoms with Crippen molar-refractivity contribution in [3.63, 3.8) is 0 Å². The number of carbonyl (C=O) groups is 4. The van der Waals surface area contributed by atoms with Crippen LogP contribution in [0, 0.1) is 22.7 Å². The number of amides is 4. The number of halogens is 2. The highest BCUT2D eigenvalue weighted by molar-refractivity contribution is 6.32. The van der Waals surface area contributed by atoms with Crippen molar-refractivity contribution in [2.45, 2.75) is 102 Å². The van der Waals surface area contributed by atoms with Gasteiger partial charge < -0.3 is 29.1 Å². The Morgan fingerprint density at radius 3 is 2.25 bits per heavy atom. The van der Waals surface area contributed by atoms with Crippen LogP contribution in [-0.4, -0.2) is 132 Å². The molecule has 1 unspecified atom stereocenters. The number of carbonyl (C=O) groups excluding carboxylic acids is 4. The average molecular weight is 1030 g/mol. The van der Waals surface area contributed by atoms with E-state index in [9.17, 15) is 24.4 Å². The Balaban J connectivity index is 0.644. The molecule has 0 radical (unpaired) electrons. The standard InChI is InChI=1S/C56H65Cl2N9O6/c1-55(2,40-32-38(34-59)50(45(58)33-40)72-31-21-57)39-6-8-43(9-7-39)73-36-41-12-22-60-54(61-41)66-29-19-56(20-30-66)17-27-64(28-18-56)42-15-23-63(24-16-42)35-37-13-25-65(26-14-37)46-5-3-4-44-49(46)53(71)67(52(44)70)47-10-11-48(68)62-51(47)69/h3-9,12,22,32-33,37,42,47H,10-11,13-21,23-31,35-36H2,1-2H3,(H,62,68,69). The first-order chi connectivity index (χ1) is 35.3. The van der Waals surface area contributed by atoms with E-state index < -0.39 is 29.2 Å². The SMILES string of the molecule is CC(C)(c1ccc(OCc2ccnc(N3CCC4(CC3)CCN(C3CCN(CC5CCN(c6cccc7c6C(=O)N(C6CCC(=O)NC6=O)C7=O)CC5)CC3)CC4)n2)cc1)c1cc(Cl)c(OCCCl)c(C#N)c1. The second kappa shape index (κ2) is 21.6. The van der Waals surface area contributed by atoms with Gasteiger partial charge in [-0.15, -0.1) is 11.6 Å². The fourth-order valence-electron chi connectivity index (χ4n) is 12.2. The van der Waals surface area contributed by atoms with Gasteiger partial charge in [-0.1, -0.05) is 43.6 Å². The zero-order valence-corrected chi connectivity index (χ0v) is 43.4. The number of anilines is 2. The maximum atomic E-state index is 13.7. The van der Waals surface area contributed by atoms with Crippen LogP contribution in [0.2, 0.25) is 5.02 Å². The smallest absolute Gasteiger partial charge is 0.264 e. The quantitative estimate of drug-likeness (QED) is 0.0956. The number of nitrogens with zero attached hydrogens (tertiary/aromatic N) is 8. The van der Waals surface area contributed by atoms with Crippen molar-refractivity contribution in [3.05, 3.63) is 105 Å². The topological polar surface area (TPSA) is 165 Å². The van der Waals surface area contributed by atoms with Crippen molar-refractivity contribution in [1.82, 2.24) is 30.0 Å². The van der Waals surface area contributed by atoms with Gasteiger partial charge in [0.15, 0.2) is 5.75 Å². The van der Waals surface area contributed by atoms with Gasteiger partial charge in [0.25, 0.3) is 11.8 Å². The molecule has 0 saturated carbocycles. The van der Waals surface area contributed by atoms with Crippen molar-refractivity contribution in [2.24, 2.45) is 11.3 Å². The Morgan fingerprint density at radius 1 is 0.822 bits per heavy atom. The van der Waals surface area contributed by atoms with E-state index in [1.807, 2.05) is 60.8 Å². The number of rotatable bonds is 14. The Kier molecular flexibility index (Phi) is 15.0. The van der Waals surface area contributed by atoms with Crippen LogP contribution >= 0.6 is 23.2 Å². The fraction of sp³-hybridized carbons (Fsp3) is 0.518. The van der Waals surface area contributed by atoms with Gasteiger partial charge in [0, 0.05) is 56.8 Å². The van der Waals surface area contributed by atoms with Crippen LogP contribution in [-0.2, 0) is 21.6 Å². The molecule has 15 nitrogen and oxygen atoms in total. The highest BCUT2D eigenvalue weighted by atomic mass is 35.5. The summed E-state index contributed by atoms with van der Waals surface area (Å²) < 4.78 is 11.9. The van der Waals surface area contributed by atoms with E-state index >= 15 is 0 Å². The highest BCUT2D eigenvalue weighted by Crippen LogP contribution is 2.44. The molecule has 6 aliphatic rings. The molecule has 0 aliphatic carbocycles. The minimum absolute atomic E-state index is 0.102. The van der Waals surface area contributed by atoms with Crippen LogP contribution in [0.4, 0.5) is 11.6 Å². The van der Waals surface area contributed by atoms with Crippen molar-refractivity contribution >= 4 is 58.5 Å². The highest BCUT2D eigenvalue weighted by Gasteiger charge is 2.47. The second-order valence-electron chi connectivity index (χ2n) is 21.4. The lowest BCUT2D eigenvalue weighted by Gasteiger charge is -2.49. The predicted octanol–water partition coefficient (Wildman–Crippen LogP) is 7.99. The zero-order valence-electron chi connectivity index (χ0n) is 41.9. The first-order valence-corrected chi connectivity index (χ1v) is 27.0. The Hall–Kier alpha value is -5.79.